The zero-order valence-corrected chi connectivity index (χ0v) is 28.3. The average molecular weight is 657 g/mol. The van der Waals surface area contributed by atoms with Crippen LogP contribution < -0.4 is 15.7 Å². The molecule has 4 aliphatic heterocycles. The molecule has 0 bridgehead atoms. The Labute approximate surface area is 281 Å². The van der Waals surface area contributed by atoms with Gasteiger partial charge in [-0.05, 0) is 114 Å². The van der Waals surface area contributed by atoms with Gasteiger partial charge in [0.2, 0.25) is 0 Å². The molecule has 7 nitrogen and oxygen atoms in total. The van der Waals surface area contributed by atoms with Gasteiger partial charge in [-0.3, -0.25) is 19.3 Å². The van der Waals surface area contributed by atoms with Gasteiger partial charge in [0.15, 0.2) is 5.60 Å². The molecule has 0 atom stereocenters. The van der Waals surface area contributed by atoms with E-state index in [1.54, 1.807) is 12.1 Å². The normalized spacial score (nSPS) is 21.0. The lowest BCUT2D eigenvalue weighted by atomic mass is 9.75. The lowest BCUT2D eigenvalue weighted by molar-refractivity contribution is -0.136. The standard InChI is InChI=1S/C40H40N2O5Si/c43-36-14-15-37(44)42(36)17-16-41-38(45)29-12-13-30-31(22-29)40(47-39(30)46)32-20-25-8-2-4-10-27(25)23-34(32)48(18-6-1-7-19-48)35-24-28-11-5-3-9-26(28)21-33(35)40/h12-15,20-24H,1-11,16-19H2,(H,41,45). The molecule has 1 fully saturated rings. The number of carbonyl (C=O) groups excluding carboxylic acids is 4. The summed E-state index contributed by atoms with van der Waals surface area (Å²) in [7, 11) is -2.18. The summed E-state index contributed by atoms with van der Waals surface area (Å²) < 4.78 is 6.80. The van der Waals surface area contributed by atoms with Crippen LogP contribution in [0.1, 0.15) is 105 Å². The largest absolute Gasteiger partial charge is 0.441 e. The number of ether oxygens (including phenoxy) is 1. The lowest BCUT2D eigenvalue weighted by Gasteiger charge is -2.49. The third-order valence-corrected chi connectivity index (χ3v) is 17.4. The van der Waals surface area contributed by atoms with Gasteiger partial charge in [-0.1, -0.05) is 43.5 Å². The van der Waals surface area contributed by atoms with Gasteiger partial charge in [-0.25, -0.2) is 4.79 Å². The number of rotatable bonds is 4. The number of fused-ring (bicyclic) bond motifs is 10. The molecule has 0 aromatic heterocycles. The van der Waals surface area contributed by atoms with Crippen LogP contribution in [0.5, 0.6) is 0 Å². The maximum atomic E-state index is 14.0. The first-order valence-corrected chi connectivity index (χ1v) is 20.3. The van der Waals surface area contributed by atoms with Gasteiger partial charge in [-0.2, -0.15) is 0 Å². The van der Waals surface area contributed by atoms with Gasteiger partial charge in [0.1, 0.15) is 8.07 Å². The summed E-state index contributed by atoms with van der Waals surface area (Å²) in [6, 6.07) is 17.7. The highest BCUT2D eigenvalue weighted by Gasteiger charge is 2.59. The maximum absolute atomic E-state index is 14.0. The number of esters is 1. The summed E-state index contributed by atoms with van der Waals surface area (Å²) in [5.41, 5.74) is 8.56. The number of benzene rings is 3. The molecule has 4 heterocycles. The highest BCUT2D eigenvalue weighted by molar-refractivity contribution is 7.03. The molecule has 3 aromatic carbocycles. The van der Waals surface area contributed by atoms with Crippen LogP contribution in [-0.4, -0.2) is 49.8 Å². The summed E-state index contributed by atoms with van der Waals surface area (Å²) in [5.74, 6) is -1.40. The Morgan fingerprint density at radius 1 is 0.708 bits per heavy atom. The first-order valence-electron chi connectivity index (χ1n) is 17.9. The van der Waals surface area contributed by atoms with E-state index in [0.29, 0.717) is 11.1 Å². The van der Waals surface area contributed by atoms with E-state index in [1.165, 1.54) is 89.0 Å². The molecule has 3 amide bonds. The smallest absolute Gasteiger partial charge is 0.340 e. The van der Waals surface area contributed by atoms with Crippen LogP contribution >= 0.6 is 0 Å². The van der Waals surface area contributed by atoms with Gasteiger partial charge in [0.05, 0.1) is 5.56 Å². The summed E-state index contributed by atoms with van der Waals surface area (Å²) in [6.45, 7) is 0.226. The van der Waals surface area contributed by atoms with Crippen LogP contribution in [0.3, 0.4) is 0 Å². The van der Waals surface area contributed by atoms with E-state index in [0.717, 1.165) is 60.1 Å². The molecule has 3 aromatic rings. The maximum Gasteiger partial charge on any atom is 0.340 e. The molecule has 6 aliphatic rings. The first-order chi connectivity index (χ1) is 23.4. The molecule has 0 unspecified atom stereocenters. The van der Waals surface area contributed by atoms with Crippen molar-refractivity contribution >= 4 is 42.1 Å². The average Bonchev–Trinajstić information content (AvgIpc) is 3.60. The van der Waals surface area contributed by atoms with Gasteiger partial charge in [0, 0.05) is 47.5 Å². The van der Waals surface area contributed by atoms with E-state index in [9.17, 15) is 19.2 Å². The van der Waals surface area contributed by atoms with Gasteiger partial charge in [-0.15, -0.1) is 0 Å². The fourth-order valence-corrected chi connectivity index (χ4v) is 15.5. The minimum absolute atomic E-state index is 0.0938. The number of hydrogen-bond acceptors (Lipinski definition) is 5. The number of nitrogens with zero attached hydrogens (tertiary/aromatic N) is 1. The van der Waals surface area contributed by atoms with Crippen molar-refractivity contribution in [2.75, 3.05) is 13.1 Å². The highest BCUT2D eigenvalue weighted by atomic mass is 28.3. The van der Waals surface area contributed by atoms with E-state index in [4.69, 9.17) is 4.74 Å². The van der Waals surface area contributed by atoms with Crippen molar-refractivity contribution in [1.29, 1.82) is 0 Å². The molecule has 2 aliphatic carbocycles. The van der Waals surface area contributed by atoms with Crippen molar-refractivity contribution in [2.45, 2.75) is 88.3 Å². The number of carbonyl (C=O) groups is 4. The summed E-state index contributed by atoms with van der Waals surface area (Å²) >= 11 is 0. The van der Waals surface area contributed by atoms with Crippen LogP contribution in [0, 0.1) is 0 Å². The molecule has 0 radical (unpaired) electrons. The summed E-state index contributed by atoms with van der Waals surface area (Å²) in [5, 5.41) is 5.80. The highest BCUT2D eigenvalue weighted by Crippen LogP contribution is 2.52. The Balaban J connectivity index is 1.21. The van der Waals surface area contributed by atoms with Gasteiger partial charge < -0.3 is 10.1 Å². The number of imide groups is 1. The van der Waals surface area contributed by atoms with Crippen molar-refractivity contribution < 1.29 is 23.9 Å². The van der Waals surface area contributed by atoms with E-state index in [2.05, 4.69) is 29.6 Å². The Kier molecular flexibility index (Phi) is 6.91. The first kappa shape index (κ1) is 29.8. The number of hydrogen-bond donors (Lipinski definition) is 1. The molecule has 1 saturated heterocycles. The van der Waals surface area contributed by atoms with Gasteiger partial charge >= 0.3 is 5.97 Å². The van der Waals surface area contributed by atoms with E-state index in [1.807, 2.05) is 6.07 Å². The Hall–Kier alpha value is -4.30. The predicted octanol–water partition coefficient (Wildman–Crippen LogP) is 4.62. The fourth-order valence-electron chi connectivity index (χ4n) is 9.77. The van der Waals surface area contributed by atoms with Crippen LogP contribution in [0.25, 0.3) is 0 Å². The molecule has 2 spiro atoms. The zero-order chi connectivity index (χ0) is 32.6. The Morgan fingerprint density at radius 2 is 1.27 bits per heavy atom. The molecule has 8 heteroatoms. The molecule has 244 valence electrons. The monoisotopic (exact) mass is 656 g/mol. The lowest BCUT2D eigenvalue weighted by Crippen LogP contribution is -2.67. The number of amides is 3. The van der Waals surface area contributed by atoms with Crippen LogP contribution in [0.4, 0.5) is 0 Å². The number of nitrogens with one attached hydrogen (secondary N) is 1. The molecule has 9 rings (SSSR count). The molecular formula is C40H40N2O5Si. The second-order valence-electron chi connectivity index (χ2n) is 14.6. The van der Waals surface area contributed by atoms with E-state index in [-0.39, 0.29) is 36.8 Å². The summed E-state index contributed by atoms with van der Waals surface area (Å²) in [4.78, 5) is 52.7. The van der Waals surface area contributed by atoms with Crippen molar-refractivity contribution in [3.05, 3.63) is 105 Å². The zero-order valence-electron chi connectivity index (χ0n) is 27.3. The molecular weight excluding hydrogens is 617 g/mol. The second-order valence-corrected chi connectivity index (χ2v) is 18.9. The summed E-state index contributed by atoms with van der Waals surface area (Å²) in [6.07, 6.45) is 15.2. The Morgan fingerprint density at radius 3 is 1.85 bits per heavy atom. The predicted molar refractivity (Wildman–Crippen MR) is 185 cm³/mol. The topological polar surface area (TPSA) is 92.8 Å². The second kappa shape index (κ2) is 11.1. The third kappa shape index (κ3) is 4.30. The van der Waals surface area contributed by atoms with Gasteiger partial charge in [0.25, 0.3) is 17.7 Å². The molecule has 48 heavy (non-hydrogen) atoms. The SMILES string of the molecule is O=C(NCCN1C(=O)C=CC1=O)c1ccc2c(c1)C1(OC2=O)c2cc3c(cc2[Si]2(CCCCC2)c2cc4c(cc21)CCCC4)CCCC3. The Bertz CT molecular complexity index is 1880. The quantitative estimate of drug-likeness (QED) is 0.252. The van der Waals surface area contributed by atoms with E-state index >= 15 is 0 Å². The fraction of sp³-hybridized carbons (Fsp3) is 0.400. The van der Waals surface area contributed by atoms with Crippen molar-refractivity contribution in [1.82, 2.24) is 10.2 Å². The van der Waals surface area contributed by atoms with Crippen LogP contribution in [0.15, 0.2) is 54.6 Å². The van der Waals surface area contributed by atoms with Crippen molar-refractivity contribution in [3.8, 4) is 0 Å². The minimum Gasteiger partial charge on any atom is -0.441 e. The minimum atomic E-state index is -2.18. The third-order valence-electron chi connectivity index (χ3n) is 12.1. The molecule has 0 saturated carbocycles. The van der Waals surface area contributed by atoms with Crippen LogP contribution in [-0.2, 0) is 45.6 Å². The van der Waals surface area contributed by atoms with E-state index < -0.39 is 13.7 Å². The van der Waals surface area contributed by atoms with Crippen molar-refractivity contribution in [3.63, 3.8) is 0 Å². The molecule has 1 N–H and O–H groups in total. The van der Waals surface area contributed by atoms with Crippen molar-refractivity contribution in [2.24, 2.45) is 0 Å². The van der Waals surface area contributed by atoms with Crippen LogP contribution in [0.2, 0.25) is 12.1 Å². The number of aryl methyl sites for hydroxylation is 4.